The number of hydrogen-bond donors (Lipinski definition) is 1. The molecule has 1 aliphatic carbocycles. The Morgan fingerprint density at radius 1 is 1.28 bits per heavy atom. The molecule has 100 valence electrons. The lowest BCUT2D eigenvalue weighted by molar-refractivity contribution is 0.174. The van der Waals surface area contributed by atoms with Gasteiger partial charge in [-0.1, -0.05) is 6.42 Å². The van der Waals surface area contributed by atoms with Gasteiger partial charge >= 0.3 is 0 Å². The zero-order chi connectivity index (χ0) is 13.3. The summed E-state index contributed by atoms with van der Waals surface area (Å²) in [7, 11) is -4.27. The van der Waals surface area contributed by atoms with E-state index in [4.69, 9.17) is 9.88 Å². The molecule has 0 bridgehead atoms. The lowest BCUT2D eigenvalue weighted by Crippen LogP contribution is -2.20. The van der Waals surface area contributed by atoms with E-state index in [-0.39, 0.29) is 5.75 Å². The van der Waals surface area contributed by atoms with Gasteiger partial charge in [-0.25, -0.2) is 17.9 Å². The molecule has 0 atom stereocenters. The smallest absolute Gasteiger partial charge is 0.241 e. The van der Waals surface area contributed by atoms with E-state index in [1.54, 1.807) is 0 Å². The quantitative estimate of drug-likeness (QED) is 0.912. The van der Waals surface area contributed by atoms with Crippen LogP contribution in [0, 0.1) is 17.6 Å². The van der Waals surface area contributed by atoms with Gasteiger partial charge in [0.1, 0.15) is 4.90 Å². The second kappa shape index (κ2) is 4.81. The fourth-order valence-electron chi connectivity index (χ4n) is 1.71. The third kappa shape index (κ3) is 2.62. The normalized spacial score (nSPS) is 16.4. The molecule has 2 N–H and O–H groups in total. The number of hydrogen-bond acceptors (Lipinski definition) is 3. The van der Waals surface area contributed by atoms with Gasteiger partial charge in [0.15, 0.2) is 11.6 Å². The summed E-state index contributed by atoms with van der Waals surface area (Å²) in [5.41, 5.74) is 0. The average Bonchev–Trinajstić information content (AvgIpc) is 2.20. The number of nitrogens with two attached hydrogens (primary N) is 1. The molecule has 0 aliphatic heterocycles. The van der Waals surface area contributed by atoms with Crippen LogP contribution in [0.4, 0.5) is 8.78 Å². The Labute approximate surface area is 104 Å². The van der Waals surface area contributed by atoms with Crippen LogP contribution in [-0.4, -0.2) is 15.0 Å². The molecular weight excluding hydrogens is 264 g/mol. The number of sulfonamides is 1. The third-order valence-electron chi connectivity index (χ3n) is 3.02. The minimum Gasteiger partial charge on any atom is -0.490 e. The monoisotopic (exact) mass is 277 g/mol. The number of primary sulfonamides is 1. The van der Waals surface area contributed by atoms with Gasteiger partial charge in [-0.3, -0.25) is 0 Å². The Kier molecular flexibility index (Phi) is 3.54. The molecule has 1 saturated carbocycles. The fourth-order valence-corrected chi connectivity index (χ4v) is 2.31. The van der Waals surface area contributed by atoms with Crippen molar-refractivity contribution in [2.75, 3.05) is 6.61 Å². The van der Waals surface area contributed by atoms with Gasteiger partial charge in [-0.05, 0) is 30.9 Å². The van der Waals surface area contributed by atoms with E-state index in [1.807, 2.05) is 0 Å². The van der Waals surface area contributed by atoms with Crippen molar-refractivity contribution in [3.05, 3.63) is 23.8 Å². The van der Waals surface area contributed by atoms with Crippen molar-refractivity contribution in [3.63, 3.8) is 0 Å². The molecule has 2 rings (SSSR count). The highest BCUT2D eigenvalue weighted by Crippen LogP contribution is 2.29. The van der Waals surface area contributed by atoms with Crippen molar-refractivity contribution >= 4 is 10.0 Å². The van der Waals surface area contributed by atoms with E-state index < -0.39 is 26.6 Å². The number of benzene rings is 1. The van der Waals surface area contributed by atoms with Gasteiger partial charge in [0, 0.05) is 0 Å². The first-order chi connectivity index (χ1) is 8.39. The Hall–Kier alpha value is -1.21. The summed E-state index contributed by atoms with van der Waals surface area (Å²) in [4.78, 5) is -0.865. The van der Waals surface area contributed by atoms with Crippen molar-refractivity contribution in [2.24, 2.45) is 11.1 Å². The predicted octanol–water partition coefficient (Wildman–Crippen LogP) is 1.79. The number of rotatable bonds is 4. The molecule has 1 aliphatic rings. The first-order valence-corrected chi connectivity index (χ1v) is 7.08. The molecule has 0 amide bonds. The Morgan fingerprint density at radius 2 is 1.94 bits per heavy atom. The highest BCUT2D eigenvalue weighted by Gasteiger charge is 2.23. The van der Waals surface area contributed by atoms with Crippen molar-refractivity contribution in [1.29, 1.82) is 0 Å². The molecule has 0 spiro atoms. The second-order valence-corrected chi connectivity index (χ2v) is 5.87. The Morgan fingerprint density at radius 3 is 2.44 bits per heavy atom. The van der Waals surface area contributed by atoms with Crippen LogP contribution in [-0.2, 0) is 10.0 Å². The van der Waals surface area contributed by atoms with Crippen molar-refractivity contribution in [2.45, 2.75) is 24.2 Å². The minimum atomic E-state index is -4.27. The number of ether oxygens (including phenoxy) is 1. The van der Waals surface area contributed by atoms with Gasteiger partial charge in [0.2, 0.25) is 15.8 Å². The van der Waals surface area contributed by atoms with E-state index in [0.29, 0.717) is 12.5 Å². The van der Waals surface area contributed by atoms with E-state index in [2.05, 4.69) is 0 Å². The molecule has 4 nitrogen and oxygen atoms in total. The van der Waals surface area contributed by atoms with Crippen LogP contribution < -0.4 is 9.88 Å². The highest BCUT2D eigenvalue weighted by atomic mass is 32.2. The third-order valence-corrected chi connectivity index (χ3v) is 3.95. The first kappa shape index (κ1) is 13.2. The molecule has 0 saturated heterocycles. The van der Waals surface area contributed by atoms with Crippen LogP contribution in [0.15, 0.2) is 17.0 Å². The van der Waals surface area contributed by atoms with Gasteiger partial charge in [-0.15, -0.1) is 0 Å². The summed E-state index contributed by atoms with van der Waals surface area (Å²) in [6.45, 7) is 0.311. The molecule has 0 unspecified atom stereocenters. The summed E-state index contributed by atoms with van der Waals surface area (Å²) in [6, 6.07) is 1.99. The summed E-state index contributed by atoms with van der Waals surface area (Å²) >= 11 is 0. The van der Waals surface area contributed by atoms with Crippen LogP contribution in [0.1, 0.15) is 19.3 Å². The number of halogens is 2. The van der Waals surface area contributed by atoms with Crippen molar-refractivity contribution < 1.29 is 21.9 Å². The van der Waals surface area contributed by atoms with Crippen LogP contribution in [0.3, 0.4) is 0 Å². The van der Waals surface area contributed by atoms with Crippen LogP contribution in [0.5, 0.6) is 5.75 Å². The Balaban J connectivity index is 2.20. The molecule has 1 aromatic carbocycles. The largest absolute Gasteiger partial charge is 0.490 e. The molecule has 7 heteroatoms. The summed E-state index contributed by atoms with van der Waals surface area (Å²) in [5.74, 6) is -2.73. The zero-order valence-corrected chi connectivity index (χ0v) is 10.3. The standard InChI is InChI=1S/C11H13F2NO3S/c12-10-8(17-6-7-2-1-3-7)4-5-9(11(10)13)18(14,15)16/h4-5,7H,1-3,6H2,(H2,14,15,16). The summed E-state index contributed by atoms with van der Waals surface area (Å²) in [6.07, 6.45) is 3.15. The highest BCUT2D eigenvalue weighted by molar-refractivity contribution is 7.89. The average molecular weight is 277 g/mol. The summed E-state index contributed by atoms with van der Waals surface area (Å²) < 4.78 is 54.1. The lowest BCUT2D eigenvalue weighted by Gasteiger charge is -2.25. The van der Waals surface area contributed by atoms with Gasteiger partial charge in [0.25, 0.3) is 0 Å². The molecule has 0 heterocycles. The maximum Gasteiger partial charge on any atom is 0.241 e. The molecule has 1 fully saturated rings. The topological polar surface area (TPSA) is 69.4 Å². The predicted molar refractivity (Wildman–Crippen MR) is 60.6 cm³/mol. The van der Waals surface area contributed by atoms with E-state index in [0.717, 1.165) is 31.4 Å². The lowest BCUT2D eigenvalue weighted by atomic mass is 9.86. The van der Waals surface area contributed by atoms with Crippen molar-refractivity contribution in [3.8, 4) is 5.75 Å². The second-order valence-electron chi connectivity index (χ2n) is 4.34. The minimum absolute atomic E-state index is 0.285. The SMILES string of the molecule is NS(=O)(=O)c1ccc(OCC2CCC2)c(F)c1F. The first-order valence-electron chi connectivity index (χ1n) is 5.53. The fraction of sp³-hybridized carbons (Fsp3) is 0.455. The maximum atomic E-state index is 13.5. The van der Waals surface area contributed by atoms with E-state index >= 15 is 0 Å². The van der Waals surface area contributed by atoms with Crippen molar-refractivity contribution in [1.82, 2.24) is 0 Å². The van der Waals surface area contributed by atoms with E-state index in [9.17, 15) is 17.2 Å². The van der Waals surface area contributed by atoms with Gasteiger partial charge in [-0.2, -0.15) is 4.39 Å². The molecule has 0 aromatic heterocycles. The van der Waals surface area contributed by atoms with E-state index in [1.165, 1.54) is 0 Å². The van der Waals surface area contributed by atoms with Gasteiger partial charge in [0.05, 0.1) is 6.61 Å². The molecule has 0 radical (unpaired) electrons. The molecule has 18 heavy (non-hydrogen) atoms. The zero-order valence-electron chi connectivity index (χ0n) is 9.53. The molecular formula is C11H13F2NO3S. The molecule has 1 aromatic rings. The Bertz CT molecular complexity index is 556. The summed E-state index contributed by atoms with van der Waals surface area (Å²) in [5, 5.41) is 4.75. The van der Waals surface area contributed by atoms with Gasteiger partial charge < -0.3 is 4.74 Å². The van der Waals surface area contributed by atoms with Crippen LogP contribution >= 0.6 is 0 Å². The maximum absolute atomic E-state index is 13.5. The van der Waals surface area contributed by atoms with Crippen LogP contribution in [0.25, 0.3) is 0 Å². The van der Waals surface area contributed by atoms with Crippen LogP contribution in [0.2, 0.25) is 0 Å².